The van der Waals surface area contributed by atoms with Gasteiger partial charge in [0, 0.05) is 36.9 Å². The van der Waals surface area contributed by atoms with E-state index in [1.807, 2.05) is 48.5 Å². The normalized spacial score (nSPS) is 13.7. The van der Waals surface area contributed by atoms with E-state index >= 15 is 0 Å². The van der Waals surface area contributed by atoms with Crippen LogP contribution in [0.25, 0.3) is 0 Å². The summed E-state index contributed by atoms with van der Waals surface area (Å²) in [4.78, 5) is 27.8. The zero-order valence-electron chi connectivity index (χ0n) is 20.8. The molecular weight excluding hydrogens is 454 g/mol. The van der Waals surface area contributed by atoms with Crippen molar-refractivity contribution in [2.45, 2.75) is 25.3 Å². The number of benzene rings is 3. The van der Waals surface area contributed by atoms with Crippen LogP contribution in [0.15, 0.2) is 72.8 Å². The van der Waals surface area contributed by atoms with E-state index in [0.717, 1.165) is 55.1 Å². The summed E-state index contributed by atoms with van der Waals surface area (Å²) in [6.07, 6.45) is 2.38. The molecule has 1 heterocycles. The number of ether oxygens (including phenoxy) is 2. The molecule has 36 heavy (non-hydrogen) atoms. The minimum atomic E-state index is -0.0762. The van der Waals surface area contributed by atoms with Gasteiger partial charge < -0.3 is 25.0 Å². The molecule has 1 saturated heterocycles. The molecule has 0 radical (unpaired) electrons. The standard InChI is InChI=1S/C29H33N3O4/c1-35-24-11-7-21(8-12-24)15-18-30-29(34)26-5-3-4-6-27(26)32-19-16-23(17-20-32)31-28(33)22-9-13-25(36-2)14-10-22/h3-14,23H,15-20H2,1-2H3,(H,30,34)(H,31,33). The lowest BCUT2D eigenvalue weighted by Gasteiger charge is -2.35. The van der Waals surface area contributed by atoms with Crippen LogP contribution in [-0.4, -0.2) is 51.7 Å². The molecule has 0 atom stereocenters. The predicted octanol–water partition coefficient (Wildman–Crippen LogP) is 4.08. The van der Waals surface area contributed by atoms with Gasteiger partial charge in [-0.3, -0.25) is 9.59 Å². The highest BCUT2D eigenvalue weighted by molar-refractivity contribution is 6.00. The van der Waals surface area contributed by atoms with E-state index in [2.05, 4.69) is 15.5 Å². The predicted molar refractivity (Wildman–Crippen MR) is 141 cm³/mol. The maximum Gasteiger partial charge on any atom is 0.253 e. The molecule has 0 unspecified atom stereocenters. The first kappa shape index (κ1) is 25.1. The fourth-order valence-electron chi connectivity index (χ4n) is 4.43. The van der Waals surface area contributed by atoms with Gasteiger partial charge in [-0.1, -0.05) is 24.3 Å². The van der Waals surface area contributed by atoms with Crippen molar-refractivity contribution in [3.63, 3.8) is 0 Å². The van der Waals surface area contributed by atoms with Crippen molar-refractivity contribution >= 4 is 17.5 Å². The number of hydrogen-bond donors (Lipinski definition) is 2. The lowest BCUT2D eigenvalue weighted by Crippen LogP contribution is -2.45. The Kier molecular flexibility index (Phi) is 8.44. The van der Waals surface area contributed by atoms with Gasteiger partial charge in [0.15, 0.2) is 0 Å². The van der Waals surface area contributed by atoms with Crippen molar-refractivity contribution in [3.05, 3.63) is 89.5 Å². The average Bonchev–Trinajstić information content (AvgIpc) is 2.94. The molecule has 0 aliphatic carbocycles. The van der Waals surface area contributed by atoms with Crippen LogP contribution in [0.4, 0.5) is 5.69 Å². The van der Waals surface area contributed by atoms with Crippen LogP contribution >= 0.6 is 0 Å². The van der Waals surface area contributed by atoms with Crippen LogP contribution in [0.5, 0.6) is 11.5 Å². The van der Waals surface area contributed by atoms with Crippen molar-refractivity contribution in [2.24, 2.45) is 0 Å². The molecule has 2 amide bonds. The summed E-state index contributed by atoms with van der Waals surface area (Å²) in [5.41, 5.74) is 3.37. The molecule has 0 aromatic heterocycles. The van der Waals surface area contributed by atoms with Gasteiger partial charge in [-0.25, -0.2) is 0 Å². The zero-order valence-corrected chi connectivity index (χ0v) is 20.8. The second-order valence-corrected chi connectivity index (χ2v) is 8.83. The number of para-hydroxylation sites is 1. The highest BCUT2D eigenvalue weighted by atomic mass is 16.5. The van der Waals surface area contributed by atoms with E-state index in [1.165, 1.54) is 0 Å². The monoisotopic (exact) mass is 487 g/mol. The van der Waals surface area contributed by atoms with Gasteiger partial charge in [0.05, 0.1) is 19.8 Å². The summed E-state index contributed by atoms with van der Waals surface area (Å²) in [7, 11) is 3.25. The highest BCUT2D eigenvalue weighted by Crippen LogP contribution is 2.25. The number of methoxy groups -OCH3 is 2. The van der Waals surface area contributed by atoms with Crippen LogP contribution in [-0.2, 0) is 6.42 Å². The number of nitrogens with zero attached hydrogens (tertiary/aromatic N) is 1. The van der Waals surface area contributed by atoms with Crippen molar-refractivity contribution in [1.29, 1.82) is 0 Å². The number of piperidine rings is 1. The number of rotatable bonds is 9. The lowest BCUT2D eigenvalue weighted by atomic mass is 10.0. The number of carbonyl (C=O) groups excluding carboxylic acids is 2. The third-order valence-electron chi connectivity index (χ3n) is 6.53. The smallest absolute Gasteiger partial charge is 0.253 e. The number of anilines is 1. The Bertz CT molecular complexity index is 1150. The molecule has 0 bridgehead atoms. The Labute approximate surface area is 212 Å². The summed E-state index contributed by atoms with van der Waals surface area (Å²) >= 11 is 0. The third kappa shape index (κ3) is 6.36. The molecule has 7 nitrogen and oxygen atoms in total. The minimum Gasteiger partial charge on any atom is -0.497 e. The van der Waals surface area contributed by atoms with Gasteiger partial charge in [0.25, 0.3) is 11.8 Å². The molecule has 7 heteroatoms. The molecule has 0 spiro atoms. The summed E-state index contributed by atoms with van der Waals surface area (Å²) in [5, 5.41) is 6.19. The van der Waals surface area contributed by atoms with Crippen LogP contribution in [0, 0.1) is 0 Å². The van der Waals surface area contributed by atoms with E-state index in [0.29, 0.717) is 17.7 Å². The Morgan fingerprint density at radius 2 is 1.44 bits per heavy atom. The Morgan fingerprint density at radius 3 is 2.08 bits per heavy atom. The summed E-state index contributed by atoms with van der Waals surface area (Å²) in [6.45, 7) is 2.09. The van der Waals surface area contributed by atoms with Crippen LogP contribution in [0.3, 0.4) is 0 Å². The maximum absolute atomic E-state index is 13.0. The van der Waals surface area contributed by atoms with Gasteiger partial charge in [-0.2, -0.15) is 0 Å². The van der Waals surface area contributed by atoms with Gasteiger partial charge in [0.1, 0.15) is 11.5 Å². The van der Waals surface area contributed by atoms with Gasteiger partial charge >= 0.3 is 0 Å². The second kappa shape index (κ2) is 12.1. The number of amides is 2. The van der Waals surface area contributed by atoms with Gasteiger partial charge in [-0.15, -0.1) is 0 Å². The number of carbonyl (C=O) groups is 2. The average molecular weight is 488 g/mol. The Morgan fingerprint density at radius 1 is 0.833 bits per heavy atom. The number of hydrogen-bond acceptors (Lipinski definition) is 5. The fraction of sp³-hybridized carbons (Fsp3) is 0.310. The molecule has 1 fully saturated rings. The molecule has 3 aromatic carbocycles. The van der Waals surface area contributed by atoms with Crippen LogP contribution < -0.4 is 25.0 Å². The molecule has 3 aromatic rings. The molecule has 0 saturated carbocycles. The van der Waals surface area contributed by atoms with E-state index in [4.69, 9.17) is 9.47 Å². The maximum atomic E-state index is 13.0. The first-order valence-electron chi connectivity index (χ1n) is 12.3. The fourth-order valence-corrected chi connectivity index (χ4v) is 4.43. The molecule has 2 N–H and O–H groups in total. The first-order chi connectivity index (χ1) is 17.6. The lowest BCUT2D eigenvalue weighted by molar-refractivity contribution is 0.0929. The molecule has 188 valence electrons. The Balaban J connectivity index is 1.29. The topological polar surface area (TPSA) is 79.9 Å². The minimum absolute atomic E-state index is 0.0750. The SMILES string of the molecule is COc1ccc(CCNC(=O)c2ccccc2N2CCC(NC(=O)c3ccc(OC)cc3)CC2)cc1. The van der Waals surface area contributed by atoms with Gasteiger partial charge in [0.2, 0.25) is 0 Å². The van der Waals surface area contributed by atoms with Gasteiger partial charge in [-0.05, 0) is 73.4 Å². The Hall–Kier alpha value is -4.00. The van der Waals surface area contributed by atoms with Crippen LogP contribution in [0.2, 0.25) is 0 Å². The summed E-state index contributed by atoms with van der Waals surface area (Å²) in [5.74, 6) is 1.39. The van der Waals surface area contributed by atoms with Crippen LogP contribution in [0.1, 0.15) is 39.1 Å². The van der Waals surface area contributed by atoms with Crippen molar-refractivity contribution in [2.75, 3.05) is 38.8 Å². The second-order valence-electron chi connectivity index (χ2n) is 8.83. The summed E-state index contributed by atoms with van der Waals surface area (Å²) in [6, 6.07) is 22.8. The van der Waals surface area contributed by atoms with Crippen molar-refractivity contribution in [3.8, 4) is 11.5 Å². The summed E-state index contributed by atoms with van der Waals surface area (Å²) < 4.78 is 10.4. The molecular formula is C29H33N3O4. The van der Waals surface area contributed by atoms with E-state index in [1.54, 1.807) is 38.5 Å². The quantitative estimate of drug-likeness (QED) is 0.476. The largest absolute Gasteiger partial charge is 0.497 e. The zero-order chi connectivity index (χ0) is 25.3. The first-order valence-corrected chi connectivity index (χ1v) is 12.3. The van der Waals surface area contributed by atoms with E-state index in [9.17, 15) is 9.59 Å². The molecule has 4 rings (SSSR count). The van der Waals surface area contributed by atoms with Crippen molar-refractivity contribution < 1.29 is 19.1 Å². The highest BCUT2D eigenvalue weighted by Gasteiger charge is 2.24. The van der Waals surface area contributed by atoms with E-state index in [-0.39, 0.29) is 17.9 Å². The molecule has 1 aliphatic rings. The van der Waals surface area contributed by atoms with E-state index < -0.39 is 0 Å². The number of nitrogens with one attached hydrogen (secondary N) is 2. The van der Waals surface area contributed by atoms with Crippen molar-refractivity contribution in [1.82, 2.24) is 10.6 Å². The third-order valence-corrected chi connectivity index (χ3v) is 6.53. The molecule has 1 aliphatic heterocycles.